The third-order valence-corrected chi connectivity index (χ3v) is 3.97. The molecule has 1 aromatic carbocycles. The minimum absolute atomic E-state index is 0.655. The molecule has 0 saturated heterocycles. The van der Waals surface area contributed by atoms with Crippen LogP contribution in [0.5, 0.6) is 0 Å². The average molecular weight is 309 g/mol. The fourth-order valence-electron chi connectivity index (χ4n) is 2.09. The maximum atomic E-state index is 4.41. The Hall–Kier alpha value is -2.74. The van der Waals surface area contributed by atoms with Crippen molar-refractivity contribution in [2.24, 2.45) is 0 Å². The summed E-state index contributed by atoms with van der Waals surface area (Å²) in [6.45, 7) is 0. The fourth-order valence-corrected chi connectivity index (χ4v) is 2.89. The van der Waals surface area contributed by atoms with Gasteiger partial charge in [-0.1, -0.05) is 30.0 Å². The molecule has 0 spiro atoms. The van der Waals surface area contributed by atoms with Gasteiger partial charge in [-0.15, -0.1) is 0 Å². The molecule has 0 aliphatic heterocycles. The van der Waals surface area contributed by atoms with E-state index < -0.39 is 0 Å². The first kappa shape index (κ1) is 13.0. The lowest BCUT2D eigenvalue weighted by Gasteiger charge is -2.04. The number of rotatable bonds is 4. The molecule has 0 aliphatic rings. The first-order valence-corrected chi connectivity index (χ1v) is 7.61. The molecule has 0 fully saturated rings. The SMILES string of the molecule is c1ccc(-n2ncnc2CSc2nc3ncncc3[nH]2)cc1. The number of thioether (sulfide) groups is 1. The van der Waals surface area contributed by atoms with Gasteiger partial charge in [-0.2, -0.15) is 5.10 Å². The summed E-state index contributed by atoms with van der Waals surface area (Å²) in [6, 6.07) is 9.93. The Bertz CT molecular complexity index is 867. The van der Waals surface area contributed by atoms with E-state index in [9.17, 15) is 0 Å². The van der Waals surface area contributed by atoms with Crippen molar-refractivity contribution in [3.63, 3.8) is 0 Å². The molecule has 0 saturated carbocycles. The van der Waals surface area contributed by atoms with Gasteiger partial charge in [0, 0.05) is 0 Å². The van der Waals surface area contributed by atoms with E-state index in [1.54, 1.807) is 24.3 Å². The Morgan fingerprint density at radius 1 is 1.09 bits per heavy atom. The van der Waals surface area contributed by atoms with Crippen LogP contribution >= 0.6 is 11.8 Å². The van der Waals surface area contributed by atoms with Crippen LogP contribution in [0.2, 0.25) is 0 Å². The van der Waals surface area contributed by atoms with Gasteiger partial charge in [0.15, 0.2) is 10.8 Å². The predicted molar refractivity (Wildman–Crippen MR) is 82.6 cm³/mol. The van der Waals surface area contributed by atoms with E-state index in [1.165, 1.54) is 6.33 Å². The zero-order valence-electron chi connectivity index (χ0n) is 11.4. The second-order valence-corrected chi connectivity index (χ2v) is 5.48. The van der Waals surface area contributed by atoms with Crippen LogP contribution < -0.4 is 0 Å². The second kappa shape index (κ2) is 5.57. The van der Waals surface area contributed by atoms with Crippen LogP contribution in [0.15, 0.2) is 54.3 Å². The van der Waals surface area contributed by atoms with Crippen LogP contribution in [0.4, 0.5) is 0 Å². The summed E-state index contributed by atoms with van der Waals surface area (Å²) in [5.41, 5.74) is 2.49. The molecule has 7 nitrogen and oxygen atoms in total. The van der Waals surface area contributed by atoms with Gasteiger partial charge in [0.2, 0.25) is 0 Å². The zero-order chi connectivity index (χ0) is 14.8. The number of hydrogen-bond acceptors (Lipinski definition) is 6. The number of benzene rings is 1. The maximum absolute atomic E-state index is 4.41. The van der Waals surface area contributed by atoms with E-state index in [0.29, 0.717) is 11.4 Å². The topological polar surface area (TPSA) is 85.2 Å². The van der Waals surface area contributed by atoms with Crippen molar-refractivity contribution in [1.29, 1.82) is 0 Å². The molecule has 22 heavy (non-hydrogen) atoms. The van der Waals surface area contributed by atoms with Crippen LogP contribution in [0.25, 0.3) is 16.9 Å². The van der Waals surface area contributed by atoms with Crippen LogP contribution in [0.3, 0.4) is 0 Å². The number of hydrogen-bond donors (Lipinski definition) is 1. The largest absolute Gasteiger partial charge is 0.330 e. The molecule has 0 amide bonds. The van der Waals surface area contributed by atoms with Gasteiger partial charge in [0.05, 0.1) is 17.6 Å². The zero-order valence-corrected chi connectivity index (χ0v) is 12.2. The van der Waals surface area contributed by atoms with Crippen molar-refractivity contribution in [3.8, 4) is 5.69 Å². The number of nitrogens with one attached hydrogen (secondary N) is 1. The van der Waals surface area contributed by atoms with Crippen molar-refractivity contribution >= 4 is 22.9 Å². The summed E-state index contributed by atoms with van der Waals surface area (Å²) in [6.07, 6.45) is 4.77. The van der Waals surface area contributed by atoms with Crippen molar-refractivity contribution in [3.05, 3.63) is 55.0 Å². The van der Waals surface area contributed by atoms with Gasteiger partial charge in [-0.3, -0.25) is 0 Å². The Morgan fingerprint density at radius 2 is 2.00 bits per heavy atom. The summed E-state index contributed by atoms with van der Waals surface area (Å²) in [5.74, 6) is 1.52. The Kier molecular flexibility index (Phi) is 3.28. The minimum atomic E-state index is 0.655. The molecule has 3 heterocycles. The van der Waals surface area contributed by atoms with Gasteiger partial charge in [0.25, 0.3) is 0 Å². The Morgan fingerprint density at radius 3 is 2.86 bits per heavy atom. The third kappa shape index (κ3) is 2.44. The maximum Gasteiger partial charge on any atom is 0.181 e. The molecular formula is C14H11N7S. The Labute approximate surface area is 129 Å². The van der Waals surface area contributed by atoms with E-state index in [1.807, 2.05) is 35.0 Å². The lowest BCUT2D eigenvalue weighted by atomic mass is 10.3. The monoisotopic (exact) mass is 309 g/mol. The number of nitrogens with zero attached hydrogens (tertiary/aromatic N) is 6. The molecule has 4 rings (SSSR count). The highest BCUT2D eigenvalue weighted by Gasteiger charge is 2.09. The molecule has 108 valence electrons. The highest BCUT2D eigenvalue weighted by molar-refractivity contribution is 7.98. The van der Waals surface area contributed by atoms with Crippen LogP contribution in [-0.4, -0.2) is 34.7 Å². The number of H-pyrrole nitrogens is 1. The number of imidazole rings is 1. The second-order valence-electron chi connectivity index (χ2n) is 4.51. The average Bonchev–Trinajstić information content (AvgIpc) is 3.20. The number of para-hydroxylation sites is 1. The molecule has 0 bridgehead atoms. The molecule has 0 radical (unpaired) electrons. The third-order valence-electron chi connectivity index (χ3n) is 3.10. The van der Waals surface area contributed by atoms with E-state index >= 15 is 0 Å². The smallest absolute Gasteiger partial charge is 0.181 e. The van der Waals surface area contributed by atoms with E-state index in [0.717, 1.165) is 22.2 Å². The molecule has 4 aromatic rings. The van der Waals surface area contributed by atoms with E-state index in [4.69, 9.17) is 0 Å². The molecule has 3 aromatic heterocycles. The highest BCUT2D eigenvalue weighted by Crippen LogP contribution is 2.22. The van der Waals surface area contributed by atoms with Gasteiger partial charge in [-0.05, 0) is 12.1 Å². The standard InChI is InChI=1S/C14H11N7S/c1-2-4-10(5-3-1)21-12(16-9-18-21)7-22-14-19-11-6-15-8-17-13(11)20-14/h1-6,8-9H,7H2,(H,15,17,19,20). The van der Waals surface area contributed by atoms with Gasteiger partial charge in [0.1, 0.15) is 24.0 Å². The minimum Gasteiger partial charge on any atom is -0.330 e. The number of aromatic amines is 1. The molecule has 0 atom stereocenters. The van der Waals surface area contributed by atoms with Crippen molar-refractivity contribution in [2.45, 2.75) is 10.9 Å². The molecule has 1 N–H and O–H groups in total. The van der Waals surface area contributed by atoms with E-state index in [2.05, 4.69) is 30.0 Å². The quantitative estimate of drug-likeness (QED) is 0.582. The summed E-state index contributed by atoms with van der Waals surface area (Å²) >= 11 is 1.55. The molecular weight excluding hydrogens is 298 g/mol. The number of fused-ring (bicyclic) bond motifs is 1. The van der Waals surface area contributed by atoms with Crippen LogP contribution in [-0.2, 0) is 5.75 Å². The molecule has 0 unspecified atom stereocenters. The fraction of sp³-hybridized carbons (Fsp3) is 0.0714. The predicted octanol–water partition coefficient (Wildman–Crippen LogP) is 2.23. The lowest BCUT2D eigenvalue weighted by molar-refractivity contribution is 0.833. The van der Waals surface area contributed by atoms with Crippen molar-refractivity contribution in [2.75, 3.05) is 0 Å². The summed E-state index contributed by atoms with van der Waals surface area (Å²) < 4.78 is 1.83. The first-order valence-electron chi connectivity index (χ1n) is 6.63. The van der Waals surface area contributed by atoms with Gasteiger partial charge in [-0.25, -0.2) is 24.6 Å². The first-order chi connectivity index (χ1) is 10.9. The molecule has 8 heteroatoms. The number of aromatic nitrogens is 7. The normalized spacial score (nSPS) is 11.1. The summed E-state index contributed by atoms with van der Waals surface area (Å²) in [5, 5.41) is 5.07. The summed E-state index contributed by atoms with van der Waals surface area (Å²) in [4.78, 5) is 20.0. The van der Waals surface area contributed by atoms with E-state index in [-0.39, 0.29) is 0 Å². The molecule has 0 aliphatic carbocycles. The summed E-state index contributed by atoms with van der Waals surface area (Å²) in [7, 11) is 0. The highest BCUT2D eigenvalue weighted by atomic mass is 32.2. The van der Waals surface area contributed by atoms with Crippen molar-refractivity contribution in [1.82, 2.24) is 34.7 Å². The Balaban J connectivity index is 1.56. The van der Waals surface area contributed by atoms with Crippen molar-refractivity contribution < 1.29 is 0 Å². The van der Waals surface area contributed by atoms with Crippen LogP contribution in [0, 0.1) is 0 Å². The van der Waals surface area contributed by atoms with Gasteiger partial charge >= 0.3 is 0 Å². The van der Waals surface area contributed by atoms with Gasteiger partial charge < -0.3 is 4.98 Å². The lowest BCUT2D eigenvalue weighted by Crippen LogP contribution is -2.01. The van der Waals surface area contributed by atoms with Crippen LogP contribution in [0.1, 0.15) is 5.82 Å².